The number of nitrogens with one attached hydrogen (secondary N) is 1. The number of ether oxygens (including phenoxy) is 1. The number of nitrogens with two attached hydrogens (primary N) is 1. The van der Waals surface area contributed by atoms with E-state index in [0.717, 1.165) is 9.44 Å². The Kier molecular flexibility index (Phi) is 6.29. The zero-order valence-electron chi connectivity index (χ0n) is 13.7. The molecule has 8 nitrogen and oxygen atoms in total. The van der Waals surface area contributed by atoms with Crippen LogP contribution < -0.4 is 17.0 Å². The molecule has 0 aliphatic carbocycles. The number of ketones is 1. The number of aromatic amines is 1. The second kappa shape index (κ2) is 8.43. The van der Waals surface area contributed by atoms with Gasteiger partial charge < -0.3 is 10.5 Å². The van der Waals surface area contributed by atoms with Crippen LogP contribution >= 0.6 is 11.3 Å². The van der Waals surface area contributed by atoms with Gasteiger partial charge in [-0.05, 0) is 24.3 Å². The molecule has 0 spiro atoms. The number of rotatable bonds is 8. The summed E-state index contributed by atoms with van der Waals surface area (Å²) in [6, 6.07) is 3.79. The van der Waals surface area contributed by atoms with Gasteiger partial charge in [0.15, 0.2) is 6.61 Å². The first-order valence-corrected chi connectivity index (χ1v) is 8.65. The lowest BCUT2D eigenvalue weighted by Gasteiger charge is -2.11. The van der Waals surface area contributed by atoms with Crippen LogP contribution in [0.2, 0.25) is 0 Å². The van der Waals surface area contributed by atoms with E-state index in [9.17, 15) is 19.2 Å². The van der Waals surface area contributed by atoms with E-state index in [-0.39, 0.29) is 24.3 Å². The minimum atomic E-state index is -0.880. The van der Waals surface area contributed by atoms with Crippen LogP contribution in [0.4, 0.5) is 5.82 Å². The van der Waals surface area contributed by atoms with Gasteiger partial charge >= 0.3 is 11.7 Å². The van der Waals surface area contributed by atoms with E-state index in [4.69, 9.17) is 10.5 Å². The second-order valence-electron chi connectivity index (χ2n) is 5.33. The van der Waals surface area contributed by atoms with Crippen molar-refractivity contribution in [2.45, 2.75) is 32.7 Å². The summed E-state index contributed by atoms with van der Waals surface area (Å²) >= 11 is 1.53. The molecule has 25 heavy (non-hydrogen) atoms. The van der Waals surface area contributed by atoms with Gasteiger partial charge in [-0.15, -0.1) is 11.3 Å². The predicted molar refractivity (Wildman–Crippen MR) is 94.0 cm³/mol. The number of hydrogen-bond acceptors (Lipinski definition) is 7. The summed E-state index contributed by atoms with van der Waals surface area (Å²) in [6.07, 6.45) is 1.26. The fourth-order valence-electron chi connectivity index (χ4n) is 2.27. The summed E-state index contributed by atoms with van der Waals surface area (Å²) in [5, 5.41) is 1.91. The molecule has 2 rings (SSSR count). The minimum Gasteiger partial charge on any atom is -0.457 e. The van der Waals surface area contributed by atoms with Gasteiger partial charge in [-0.25, -0.2) is 4.79 Å². The number of aryl methyl sites for hydroxylation is 1. The molecule has 0 amide bonds. The number of H-pyrrole nitrogens is 1. The van der Waals surface area contributed by atoms with Crippen molar-refractivity contribution in [3.05, 3.63) is 48.8 Å². The number of thiophene rings is 1. The standard InChI is InChI=1S/C16H19N3O5S/c1-2-7-19-14(17)13(15(22)18-16(19)23)11(20)9-24-12(21)6-5-10-4-3-8-25-10/h3-4,8H,2,5-7,9,17H2,1H3,(H,18,22,23). The number of hydrogen-bond donors (Lipinski definition) is 2. The maximum atomic E-state index is 12.2. The maximum Gasteiger partial charge on any atom is 0.329 e. The molecule has 0 aliphatic rings. The van der Waals surface area contributed by atoms with Crippen LogP contribution in [0.25, 0.3) is 0 Å². The van der Waals surface area contributed by atoms with Crippen LogP contribution in [0.3, 0.4) is 0 Å². The molecule has 0 saturated heterocycles. The van der Waals surface area contributed by atoms with Crippen molar-refractivity contribution < 1.29 is 14.3 Å². The number of carbonyl (C=O) groups is 2. The van der Waals surface area contributed by atoms with Crippen molar-refractivity contribution in [2.24, 2.45) is 0 Å². The van der Waals surface area contributed by atoms with E-state index in [2.05, 4.69) is 4.98 Å². The van der Waals surface area contributed by atoms with Crippen molar-refractivity contribution in [3.63, 3.8) is 0 Å². The average Bonchev–Trinajstić information content (AvgIpc) is 3.08. The third kappa shape index (κ3) is 4.66. The summed E-state index contributed by atoms with van der Waals surface area (Å²) in [6.45, 7) is 1.50. The molecule has 0 aromatic carbocycles. The number of anilines is 1. The van der Waals surface area contributed by atoms with Gasteiger partial charge in [-0.2, -0.15) is 0 Å². The molecule has 0 unspecified atom stereocenters. The van der Waals surface area contributed by atoms with Crippen LogP contribution in [0.5, 0.6) is 0 Å². The Morgan fingerprint density at radius 1 is 1.36 bits per heavy atom. The number of Topliss-reactive ketones (excluding diaryl/α,β-unsaturated/α-hetero) is 1. The Morgan fingerprint density at radius 3 is 2.76 bits per heavy atom. The molecule has 3 N–H and O–H groups in total. The molecule has 0 fully saturated rings. The largest absolute Gasteiger partial charge is 0.457 e. The highest BCUT2D eigenvalue weighted by Crippen LogP contribution is 2.11. The highest BCUT2D eigenvalue weighted by molar-refractivity contribution is 7.09. The normalized spacial score (nSPS) is 10.6. The zero-order chi connectivity index (χ0) is 18.4. The summed E-state index contributed by atoms with van der Waals surface area (Å²) in [5.41, 5.74) is 3.87. The van der Waals surface area contributed by atoms with E-state index in [1.165, 1.54) is 11.3 Å². The molecule has 0 radical (unpaired) electrons. The van der Waals surface area contributed by atoms with Crippen molar-refractivity contribution in [2.75, 3.05) is 12.3 Å². The highest BCUT2D eigenvalue weighted by Gasteiger charge is 2.20. The number of carbonyl (C=O) groups excluding carboxylic acids is 2. The lowest BCUT2D eigenvalue weighted by atomic mass is 10.2. The Morgan fingerprint density at radius 2 is 2.12 bits per heavy atom. The molecule has 2 aromatic heterocycles. The third-order valence-corrected chi connectivity index (χ3v) is 4.42. The van der Waals surface area contributed by atoms with Gasteiger partial charge in [0.2, 0.25) is 5.78 Å². The molecule has 0 bridgehead atoms. The van der Waals surface area contributed by atoms with Gasteiger partial charge in [0, 0.05) is 11.4 Å². The van der Waals surface area contributed by atoms with E-state index in [0.29, 0.717) is 12.8 Å². The minimum absolute atomic E-state index is 0.134. The molecule has 9 heteroatoms. The van der Waals surface area contributed by atoms with Crippen molar-refractivity contribution in [3.8, 4) is 0 Å². The first kappa shape index (κ1) is 18.7. The molecule has 0 aliphatic heterocycles. The van der Waals surface area contributed by atoms with Crippen molar-refractivity contribution in [1.82, 2.24) is 9.55 Å². The molecule has 134 valence electrons. The lowest BCUT2D eigenvalue weighted by molar-refractivity contribution is -0.142. The predicted octanol–water partition coefficient (Wildman–Crippen LogP) is 0.949. The molecular formula is C16H19N3O5S. The van der Waals surface area contributed by atoms with Crippen molar-refractivity contribution in [1.29, 1.82) is 0 Å². The molecular weight excluding hydrogens is 346 g/mol. The zero-order valence-corrected chi connectivity index (χ0v) is 14.6. The lowest BCUT2D eigenvalue weighted by Crippen LogP contribution is -2.37. The van der Waals surface area contributed by atoms with E-state index in [1.54, 1.807) is 0 Å². The molecule has 2 heterocycles. The van der Waals surface area contributed by atoms with Gasteiger partial charge in [0.1, 0.15) is 11.4 Å². The maximum absolute atomic E-state index is 12.2. The first-order valence-electron chi connectivity index (χ1n) is 7.77. The van der Waals surface area contributed by atoms with E-state index >= 15 is 0 Å². The van der Waals surface area contributed by atoms with Crippen LogP contribution in [-0.4, -0.2) is 27.9 Å². The quantitative estimate of drug-likeness (QED) is 0.530. The SMILES string of the molecule is CCCn1c(N)c(C(=O)COC(=O)CCc2cccs2)c(=O)[nH]c1=O. The summed E-state index contributed by atoms with van der Waals surface area (Å²) < 4.78 is 6.04. The summed E-state index contributed by atoms with van der Waals surface area (Å²) in [7, 11) is 0. The number of esters is 1. The first-order chi connectivity index (χ1) is 11.9. The Hall–Kier alpha value is -2.68. The number of nitrogen functional groups attached to an aromatic ring is 1. The fraction of sp³-hybridized carbons (Fsp3) is 0.375. The van der Waals surface area contributed by atoms with Gasteiger partial charge in [0.05, 0.1) is 6.42 Å². The number of aromatic nitrogens is 2. The summed E-state index contributed by atoms with van der Waals surface area (Å²) in [4.78, 5) is 50.6. The average molecular weight is 365 g/mol. The Bertz CT molecular complexity index is 867. The molecule has 2 aromatic rings. The van der Waals surface area contributed by atoms with Gasteiger partial charge in [0.25, 0.3) is 5.56 Å². The molecule has 0 atom stereocenters. The van der Waals surface area contributed by atoms with E-state index < -0.39 is 29.6 Å². The fourth-order valence-corrected chi connectivity index (χ4v) is 2.98. The van der Waals surface area contributed by atoms with Crippen LogP contribution in [0.15, 0.2) is 27.1 Å². The third-order valence-electron chi connectivity index (χ3n) is 3.49. The smallest absolute Gasteiger partial charge is 0.329 e. The highest BCUT2D eigenvalue weighted by atomic mass is 32.1. The van der Waals surface area contributed by atoms with Gasteiger partial charge in [-0.1, -0.05) is 13.0 Å². The van der Waals surface area contributed by atoms with Crippen LogP contribution in [-0.2, 0) is 22.5 Å². The van der Waals surface area contributed by atoms with Gasteiger partial charge in [-0.3, -0.25) is 23.9 Å². The van der Waals surface area contributed by atoms with Crippen LogP contribution in [0, 0.1) is 0 Å². The summed E-state index contributed by atoms with van der Waals surface area (Å²) in [5.74, 6) is -1.50. The topological polar surface area (TPSA) is 124 Å². The number of nitrogens with zero attached hydrogens (tertiary/aromatic N) is 1. The molecule has 0 saturated carbocycles. The second-order valence-corrected chi connectivity index (χ2v) is 6.37. The Balaban J connectivity index is 2.03. The monoisotopic (exact) mass is 365 g/mol. The van der Waals surface area contributed by atoms with E-state index in [1.807, 2.05) is 24.4 Å². The Labute approximate surface area is 147 Å². The van der Waals surface area contributed by atoms with Crippen molar-refractivity contribution >= 4 is 28.9 Å². The van der Waals surface area contributed by atoms with Crippen LogP contribution in [0.1, 0.15) is 35.0 Å².